The van der Waals surface area contributed by atoms with E-state index in [-0.39, 0.29) is 25.5 Å². The van der Waals surface area contributed by atoms with Crippen molar-refractivity contribution in [1.29, 1.82) is 0 Å². The van der Waals surface area contributed by atoms with Gasteiger partial charge in [0, 0.05) is 6.42 Å². The molecule has 0 rings (SSSR count). The maximum Gasteiger partial charge on any atom is 0.472 e. The van der Waals surface area contributed by atoms with Gasteiger partial charge in [0.05, 0.1) is 39.9 Å². The third kappa shape index (κ3) is 65.8. The van der Waals surface area contributed by atoms with Gasteiger partial charge in [0.1, 0.15) is 13.2 Å². The fourth-order valence-electron chi connectivity index (χ4n) is 9.08. The molecule has 0 spiro atoms. The monoisotopic (exact) mass is 1170 g/mol. The van der Waals surface area contributed by atoms with Crippen LogP contribution < -0.4 is 5.32 Å². The normalized spacial score (nSPS) is 14.6. The van der Waals surface area contributed by atoms with Crippen LogP contribution in [0, 0.1) is 0 Å². The van der Waals surface area contributed by atoms with Crippen molar-refractivity contribution in [2.75, 3.05) is 40.9 Å². The van der Waals surface area contributed by atoms with Crippen molar-refractivity contribution in [2.24, 2.45) is 0 Å². The van der Waals surface area contributed by atoms with Gasteiger partial charge in [-0.3, -0.25) is 13.8 Å². The summed E-state index contributed by atoms with van der Waals surface area (Å²) in [4.78, 5) is 23.3. The van der Waals surface area contributed by atoms with E-state index in [4.69, 9.17) is 9.05 Å². The number of rotatable bonds is 60. The summed E-state index contributed by atoms with van der Waals surface area (Å²) in [5, 5.41) is 13.9. The summed E-state index contributed by atoms with van der Waals surface area (Å²) < 4.78 is 23.7. The lowest BCUT2D eigenvalue weighted by Gasteiger charge is -2.25. The average Bonchev–Trinajstić information content (AvgIpc) is 3.50. The maximum absolute atomic E-state index is 13.0. The molecule has 0 aromatic carbocycles. The number of carbonyl (C=O) groups excluding carboxylic acids is 1. The van der Waals surface area contributed by atoms with Crippen molar-refractivity contribution in [3.05, 3.63) is 146 Å². The van der Waals surface area contributed by atoms with Gasteiger partial charge in [-0.15, -0.1) is 0 Å². The van der Waals surface area contributed by atoms with Crippen LogP contribution in [0.4, 0.5) is 0 Å². The number of likely N-dealkylation sites (N-methyl/N-ethyl adjacent to an activating group) is 1. The molecule has 474 valence electrons. The van der Waals surface area contributed by atoms with Crippen molar-refractivity contribution in [1.82, 2.24) is 5.32 Å². The molecule has 8 nitrogen and oxygen atoms in total. The first-order valence-electron chi connectivity index (χ1n) is 33.7. The Balaban J connectivity index is 4.31. The number of aliphatic hydroxyl groups excluding tert-OH is 1. The van der Waals surface area contributed by atoms with E-state index in [0.717, 1.165) is 89.9 Å². The third-order valence-corrected chi connectivity index (χ3v) is 15.3. The number of quaternary nitrogens is 1. The molecule has 3 unspecified atom stereocenters. The van der Waals surface area contributed by atoms with Crippen LogP contribution >= 0.6 is 7.82 Å². The lowest BCUT2D eigenvalue weighted by molar-refractivity contribution is -0.870. The topological polar surface area (TPSA) is 105 Å². The molecule has 0 aliphatic rings. The standard InChI is InChI=1S/C74H127N2O6P/c1-6-8-10-12-14-16-18-20-22-24-26-28-30-32-34-36-37-38-40-41-43-45-47-49-51-53-55-57-59-61-63-65-67-73(77)72(71-82-83(79,80)81-70-69-76(3,4)5)75-74(78)68-66-64-62-60-58-56-54-52-50-48-46-44-42-39-35-33-31-29-27-25-23-21-19-17-15-13-11-9-7-2/h9,11,15,17,21,23,27,29,33,35,42,44,48-51,54,56-57,59-60,62,65,67,72-73,77H,6-8,10,12-14,16,18-20,22,24-26,28,30-32,34,36-41,43,45-47,52-53,55,58,61,63-64,66,68-71H2,1-5H3,(H-,75,78,79,80)/p+1/b11-9-,17-15-,23-21-,29-27-,35-33-,44-42-,50-48-,51-49+,56-54-,59-57+,62-60-,67-65+. The van der Waals surface area contributed by atoms with Gasteiger partial charge in [-0.05, 0) is 109 Å². The summed E-state index contributed by atoms with van der Waals surface area (Å²) in [5.74, 6) is -0.253. The predicted octanol–water partition coefficient (Wildman–Crippen LogP) is 21.6. The Morgan fingerprint density at radius 2 is 0.735 bits per heavy atom. The summed E-state index contributed by atoms with van der Waals surface area (Å²) in [6, 6.07) is -0.915. The molecule has 0 saturated heterocycles. The van der Waals surface area contributed by atoms with Crippen molar-refractivity contribution in [3.63, 3.8) is 0 Å². The Hall–Kier alpha value is -3.62. The van der Waals surface area contributed by atoms with Gasteiger partial charge in [0.25, 0.3) is 0 Å². The number of unbranched alkanes of at least 4 members (excludes halogenated alkanes) is 25. The van der Waals surface area contributed by atoms with Crippen LogP contribution in [0.15, 0.2) is 146 Å². The summed E-state index contributed by atoms with van der Waals surface area (Å²) in [6.07, 6.45) is 97.2. The molecule has 83 heavy (non-hydrogen) atoms. The van der Waals surface area contributed by atoms with E-state index in [2.05, 4.69) is 153 Å². The molecule has 0 heterocycles. The van der Waals surface area contributed by atoms with Crippen LogP contribution in [0.2, 0.25) is 0 Å². The van der Waals surface area contributed by atoms with E-state index in [0.29, 0.717) is 17.4 Å². The van der Waals surface area contributed by atoms with Crippen molar-refractivity contribution >= 4 is 13.7 Å². The van der Waals surface area contributed by atoms with E-state index < -0.39 is 20.0 Å². The zero-order chi connectivity index (χ0) is 60.5. The molecule has 0 aliphatic heterocycles. The Morgan fingerprint density at radius 3 is 1.11 bits per heavy atom. The highest BCUT2D eigenvalue weighted by molar-refractivity contribution is 7.47. The minimum absolute atomic E-state index is 0.0341. The van der Waals surface area contributed by atoms with Crippen molar-refractivity contribution < 1.29 is 32.9 Å². The molecule has 0 saturated carbocycles. The van der Waals surface area contributed by atoms with Crippen LogP contribution in [0.1, 0.15) is 264 Å². The highest BCUT2D eigenvalue weighted by Crippen LogP contribution is 2.43. The molecule has 3 N–H and O–H groups in total. The van der Waals surface area contributed by atoms with E-state index >= 15 is 0 Å². The second kappa shape index (κ2) is 62.9. The summed E-state index contributed by atoms with van der Waals surface area (Å²) in [5.41, 5.74) is 0. The number of phosphoric acid groups is 1. The second-order valence-corrected chi connectivity index (χ2v) is 24.9. The first kappa shape index (κ1) is 79.4. The highest BCUT2D eigenvalue weighted by atomic mass is 31.2. The molecule has 0 radical (unpaired) electrons. The fourth-order valence-corrected chi connectivity index (χ4v) is 9.81. The molecule has 0 aromatic rings. The number of nitrogens with zero attached hydrogens (tertiary/aromatic N) is 1. The molecular formula is C74H128N2O6P+. The highest BCUT2D eigenvalue weighted by Gasteiger charge is 2.27. The van der Waals surface area contributed by atoms with Gasteiger partial charge in [-0.25, -0.2) is 4.57 Å². The Labute approximate surface area is 512 Å². The molecule has 0 aliphatic carbocycles. The summed E-state index contributed by atoms with van der Waals surface area (Å²) in [6.45, 7) is 4.63. The van der Waals surface area contributed by atoms with Gasteiger partial charge < -0.3 is 19.8 Å². The Bertz CT molecular complexity index is 1860. The zero-order valence-electron chi connectivity index (χ0n) is 54.1. The number of hydrogen-bond donors (Lipinski definition) is 3. The molecule has 0 aromatic heterocycles. The SMILES string of the molecule is CC/C=C\C/C=C\C/C=C\C/C=C\C/C=C\C/C=C\C/C=C\C/C=C\C/C=C\CCCC(=O)NC(COP(=O)(O)OCC[N+](C)(C)C)C(O)/C=C/CC/C=C/CC/C=C/CCCCCCCCCCCCCCCCCCCCCCCC. The van der Waals surface area contributed by atoms with Crippen LogP contribution in [-0.2, 0) is 18.4 Å². The molecule has 0 fully saturated rings. The number of phosphoric ester groups is 1. The average molecular weight is 1170 g/mol. The lowest BCUT2D eigenvalue weighted by atomic mass is 10.0. The van der Waals surface area contributed by atoms with Gasteiger partial charge in [0.2, 0.25) is 5.91 Å². The smallest absolute Gasteiger partial charge is 0.387 e. The molecule has 1 amide bonds. The zero-order valence-corrected chi connectivity index (χ0v) is 55.0. The predicted molar refractivity (Wildman–Crippen MR) is 364 cm³/mol. The van der Waals surface area contributed by atoms with Gasteiger partial charge >= 0.3 is 7.82 Å². The maximum atomic E-state index is 13.0. The molecule has 3 atom stereocenters. The van der Waals surface area contributed by atoms with Crippen LogP contribution in [0.25, 0.3) is 0 Å². The first-order chi connectivity index (χ1) is 40.5. The second-order valence-electron chi connectivity index (χ2n) is 23.4. The molecular weight excluding hydrogens is 1040 g/mol. The van der Waals surface area contributed by atoms with E-state index in [1.165, 1.54) is 148 Å². The number of allylic oxidation sites excluding steroid dienone is 23. The van der Waals surface area contributed by atoms with Crippen LogP contribution in [0.5, 0.6) is 0 Å². The third-order valence-electron chi connectivity index (χ3n) is 14.3. The summed E-state index contributed by atoms with van der Waals surface area (Å²) >= 11 is 0. The number of hydrogen-bond acceptors (Lipinski definition) is 5. The Kier molecular flexibility index (Phi) is 60.2. The van der Waals surface area contributed by atoms with Crippen molar-refractivity contribution in [3.8, 4) is 0 Å². The van der Waals surface area contributed by atoms with Crippen LogP contribution in [-0.4, -0.2) is 73.4 Å². The largest absolute Gasteiger partial charge is 0.472 e. The van der Waals surface area contributed by atoms with E-state index in [1.807, 2.05) is 27.2 Å². The molecule has 0 bridgehead atoms. The molecule has 9 heteroatoms. The first-order valence-corrected chi connectivity index (χ1v) is 35.2. The number of carbonyl (C=O) groups is 1. The number of aliphatic hydroxyl groups is 1. The fraction of sp³-hybridized carbons (Fsp3) is 0.662. The van der Waals surface area contributed by atoms with Gasteiger partial charge in [-0.1, -0.05) is 295 Å². The van der Waals surface area contributed by atoms with E-state index in [9.17, 15) is 19.4 Å². The number of nitrogens with one attached hydrogen (secondary N) is 1. The Morgan fingerprint density at radius 1 is 0.422 bits per heavy atom. The van der Waals surface area contributed by atoms with Gasteiger partial charge in [-0.2, -0.15) is 0 Å². The summed E-state index contributed by atoms with van der Waals surface area (Å²) in [7, 11) is 1.49. The van der Waals surface area contributed by atoms with Gasteiger partial charge in [0.15, 0.2) is 0 Å². The number of amides is 1. The quantitative estimate of drug-likeness (QED) is 0.0243. The van der Waals surface area contributed by atoms with Crippen molar-refractivity contribution in [2.45, 2.75) is 276 Å². The minimum atomic E-state index is -4.39. The van der Waals surface area contributed by atoms with E-state index in [1.54, 1.807) is 6.08 Å². The minimum Gasteiger partial charge on any atom is -0.387 e. The lowest BCUT2D eigenvalue weighted by Crippen LogP contribution is -2.45. The van der Waals surface area contributed by atoms with Crippen LogP contribution in [0.3, 0.4) is 0 Å².